The van der Waals surface area contributed by atoms with Crippen LogP contribution in [0.15, 0.2) is 12.3 Å². The van der Waals surface area contributed by atoms with Crippen LogP contribution in [0.3, 0.4) is 0 Å². The summed E-state index contributed by atoms with van der Waals surface area (Å²) in [6.45, 7) is 4.16. The first-order valence-corrected chi connectivity index (χ1v) is 7.90. The van der Waals surface area contributed by atoms with E-state index in [-0.39, 0.29) is 5.91 Å². The first-order chi connectivity index (χ1) is 10.3. The summed E-state index contributed by atoms with van der Waals surface area (Å²) >= 11 is 0. The smallest absolute Gasteiger partial charge is 0.270 e. The minimum atomic E-state index is 0.0420. The SMILES string of the molecule is N#Cc1c[nH]c(C(=O)N2CCCC[C@@H]2CN2CCCC2)c1. The Bertz CT molecular complexity index is 539. The first kappa shape index (κ1) is 14.2. The predicted molar refractivity (Wildman–Crippen MR) is 79.9 cm³/mol. The third kappa shape index (κ3) is 3.11. The third-order valence-electron chi connectivity index (χ3n) is 4.60. The summed E-state index contributed by atoms with van der Waals surface area (Å²) < 4.78 is 0. The summed E-state index contributed by atoms with van der Waals surface area (Å²) in [4.78, 5) is 20.1. The van der Waals surface area contributed by atoms with E-state index in [0.717, 1.165) is 25.9 Å². The fourth-order valence-electron chi connectivity index (χ4n) is 3.46. The lowest BCUT2D eigenvalue weighted by molar-refractivity contribution is 0.0555. The second-order valence-corrected chi connectivity index (χ2v) is 6.07. The van der Waals surface area contributed by atoms with Gasteiger partial charge in [0.05, 0.1) is 5.56 Å². The molecular weight excluding hydrogens is 264 g/mol. The molecule has 0 bridgehead atoms. The van der Waals surface area contributed by atoms with E-state index in [4.69, 9.17) is 5.26 Å². The van der Waals surface area contributed by atoms with Gasteiger partial charge in [0.2, 0.25) is 0 Å². The van der Waals surface area contributed by atoms with Crippen LogP contribution >= 0.6 is 0 Å². The molecule has 0 radical (unpaired) electrons. The van der Waals surface area contributed by atoms with Crippen molar-refractivity contribution in [3.8, 4) is 6.07 Å². The second-order valence-electron chi connectivity index (χ2n) is 6.07. The topological polar surface area (TPSA) is 63.1 Å². The van der Waals surface area contributed by atoms with E-state index in [1.54, 1.807) is 12.3 Å². The summed E-state index contributed by atoms with van der Waals surface area (Å²) in [6, 6.07) is 4.04. The van der Waals surface area contributed by atoms with Crippen molar-refractivity contribution >= 4 is 5.91 Å². The van der Waals surface area contributed by atoms with Crippen LogP contribution in [0.25, 0.3) is 0 Å². The zero-order valence-electron chi connectivity index (χ0n) is 12.3. The molecule has 21 heavy (non-hydrogen) atoms. The van der Waals surface area contributed by atoms with Gasteiger partial charge in [-0.05, 0) is 51.3 Å². The molecule has 3 heterocycles. The molecule has 2 fully saturated rings. The molecule has 5 heteroatoms. The van der Waals surface area contributed by atoms with Gasteiger partial charge in [-0.25, -0.2) is 0 Å². The van der Waals surface area contributed by atoms with E-state index in [0.29, 0.717) is 17.3 Å². The lowest BCUT2D eigenvalue weighted by Gasteiger charge is -2.37. The Hall–Kier alpha value is -1.80. The molecular formula is C16H22N4O. The van der Waals surface area contributed by atoms with Crippen molar-refractivity contribution in [3.63, 3.8) is 0 Å². The third-order valence-corrected chi connectivity index (χ3v) is 4.60. The van der Waals surface area contributed by atoms with E-state index in [1.807, 2.05) is 4.90 Å². The number of nitrogens with zero attached hydrogens (tertiary/aromatic N) is 3. The molecule has 1 amide bonds. The Morgan fingerprint density at radius 2 is 2.05 bits per heavy atom. The molecule has 3 rings (SSSR count). The monoisotopic (exact) mass is 286 g/mol. The van der Waals surface area contributed by atoms with Crippen LogP contribution in [0, 0.1) is 11.3 Å². The Morgan fingerprint density at radius 3 is 2.76 bits per heavy atom. The van der Waals surface area contributed by atoms with E-state index >= 15 is 0 Å². The number of nitriles is 1. The minimum Gasteiger partial charge on any atom is -0.356 e. The standard InChI is InChI=1S/C16H22N4O/c17-10-13-9-15(18-11-13)16(21)20-8-2-1-5-14(20)12-19-6-3-4-7-19/h9,11,14,18H,1-8,12H2/t14-/m1/s1. The Balaban J connectivity index is 1.70. The van der Waals surface area contributed by atoms with Gasteiger partial charge in [0.1, 0.15) is 11.8 Å². The van der Waals surface area contributed by atoms with Crippen LogP contribution in [0.5, 0.6) is 0 Å². The molecule has 1 aromatic rings. The number of aromatic nitrogens is 1. The fourth-order valence-corrected chi connectivity index (χ4v) is 3.46. The van der Waals surface area contributed by atoms with Crippen LogP contribution in [-0.4, -0.2) is 52.9 Å². The van der Waals surface area contributed by atoms with Crippen molar-refractivity contribution in [2.45, 2.75) is 38.1 Å². The van der Waals surface area contributed by atoms with Crippen LogP contribution in [0.2, 0.25) is 0 Å². The van der Waals surface area contributed by atoms with Crippen molar-refractivity contribution in [1.29, 1.82) is 5.26 Å². The number of carbonyl (C=O) groups excluding carboxylic acids is 1. The zero-order valence-corrected chi connectivity index (χ0v) is 12.3. The average Bonchev–Trinajstić information content (AvgIpc) is 3.18. The Kier molecular flexibility index (Phi) is 4.26. The normalized spacial score (nSPS) is 23.2. The Morgan fingerprint density at radius 1 is 1.29 bits per heavy atom. The lowest BCUT2D eigenvalue weighted by Crippen LogP contribution is -2.49. The van der Waals surface area contributed by atoms with Gasteiger partial charge in [0.15, 0.2) is 0 Å². The van der Waals surface area contributed by atoms with Gasteiger partial charge in [-0.2, -0.15) is 5.26 Å². The molecule has 0 saturated carbocycles. The molecule has 2 aliphatic rings. The molecule has 112 valence electrons. The van der Waals surface area contributed by atoms with Gasteiger partial charge in [-0.1, -0.05) is 0 Å². The zero-order chi connectivity index (χ0) is 14.7. The molecule has 0 aliphatic carbocycles. The number of piperidine rings is 1. The highest BCUT2D eigenvalue weighted by Gasteiger charge is 2.30. The summed E-state index contributed by atoms with van der Waals surface area (Å²) in [5.74, 6) is 0.0420. The minimum absolute atomic E-state index is 0.0420. The van der Waals surface area contributed by atoms with Crippen molar-refractivity contribution in [2.75, 3.05) is 26.2 Å². The highest BCUT2D eigenvalue weighted by Crippen LogP contribution is 2.22. The van der Waals surface area contributed by atoms with Gasteiger partial charge in [0, 0.05) is 25.3 Å². The van der Waals surface area contributed by atoms with Crippen LogP contribution in [-0.2, 0) is 0 Å². The number of hydrogen-bond donors (Lipinski definition) is 1. The number of rotatable bonds is 3. The lowest BCUT2D eigenvalue weighted by atomic mass is 10.0. The average molecular weight is 286 g/mol. The van der Waals surface area contributed by atoms with E-state index in [1.165, 1.54) is 32.4 Å². The number of aromatic amines is 1. The molecule has 2 saturated heterocycles. The quantitative estimate of drug-likeness (QED) is 0.924. The van der Waals surface area contributed by atoms with Crippen molar-refractivity contribution in [3.05, 3.63) is 23.5 Å². The summed E-state index contributed by atoms with van der Waals surface area (Å²) in [5, 5.41) is 8.88. The first-order valence-electron chi connectivity index (χ1n) is 7.90. The molecule has 1 aromatic heterocycles. The number of carbonyl (C=O) groups is 1. The van der Waals surface area contributed by atoms with E-state index in [9.17, 15) is 4.79 Å². The van der Waals surface area contributed by atoms with Gasteiger partial charge >= 0.3 is 0 Å². The van der Waals surface area contributed by atoms with Crippen molar-refractivity contribution in [2.24, 2.45) is 0 Å². The molecule has 0 aromatic carbocycles. The molecule has 1 N–H and O–H groups in total. The number of hydrogen-bond acceptors (Lipinski definition) is 3. The maximum atomic E-state index is 12.7. The summed E-state index contributed by atoms with van der Waals surface area (Å²) in [6.07, 6.45) is 7.54. The highest BCUT2D eigenvalue weighted by atomic mass is 16.2. The van der Waals surface area contributed by atoms with E-state index in [2.05, 4.69) is 16.0 Å². The second kappa shape index (κ2) is 6.31. The number of amides is 1. The van der Waals surface area contributed by atoms with Gasteiger partial charge < -0.3 is 14.8 Å². The summed E-state index contributed by atoms with van der Waals surface area (Å²) in [7, 11) is 0. The maximum absolute atomic E-state index is 12.7. The fraction of sp³-hybridized carbons (Fsp3) is 0.625. The predicted octanol–water partition coefficient (Wildman–Crippen LogP) is 1.98. The largest absolute Gasteiger partial charge is 0.356 e. The Labute approximate surface area is 125 Å². The molecule has 5 nitrogen and oxygen atoms in total. The number of H-pyrrole nitrogens is 1. The molecule has 2 aliphatic heterocycles. The molecule has 1 atom stereocenters. The highest BCUT2D eigenvalue weighted by molar-refractivity contribution is 5.93. The number of likely N-dealkylation sites (tertiary alicyclic amines) is 2. The molecule has 0 unspecified atom stereocenters. The van der Waals surface area contributed by atoms with Gasteiger partial charge in [-0.15, -0.1) is 0 Å². The van der Waals surface area contributed by atoms with Gasteiger partial charge in [-0.3, -0.25) is 4.79 Å². The van der Waals surface area contributed by atoms with Gasteiger partial charge in [0.25, 0.3) is 5.91 Å². The molecule has 0 spiro atoms. The van der Waals surface area contributed by atoms with Crippen LogP contribution in [0.1, 0.15) is 48.2 Å². The van der Waals surface area contributed by atoms with Crippen molar-refractivity contribution in [1.82, 2.24) is 14.8 Å². The summed E-state index contributed by atoms with van der Waals surface area (Å²) in [5.41, 5.74) is 1.06. The maximum Gasteiger partial charge on any atom is 0.270 e. The van der Waals surface area contributed by atoms with Crippen LogP contribution < -0.4 is 0 Å². The van der Waals surface area contributed by atoms with Crippen LogP contribution in [0.4, 0.5) is 0 Å². The van der Waals surface area contributed by atoms with E-state index < -0.39 is 0 Å². The van der Waals surface area contributed by atoms with Crippen molar-refractivity contribution < 1.29 is 4.79 Å². The number of nitrogens with one attached hydrogen (secondary N) is 1.